The first-order chi connectivity index (χ1) is 11.8. The fourth-order valence-corrected chi connectivity index (χ4v) is 3.08. The van der Waals surface area contributed by atoms with Crippen LogP contribution in [0.2, 0.25) is 0 Å². The summed E-state index contributed by atoms with van der Waals surface area (Å²) in [5.74, 6) is -0.0542. The zero-order valence-corrected chi connectivity index (χ0v) is 15.3. The first-order valence-corrected chi connectivity index (χ1v) is 8.74. The Morgan fingerprint density at radius 1 is 1.40 bits per heavy atom. The summed E-state index contributed by atoms with van der Waals surface area (Å²) in [7, 11) is 0. The number of likely N-dealkylation sites (N-methyl/N-ethyl adjacent to an activating group) is 1. The number of aromatic amines is 1. The van der Waals surface area contributed by atoms with Crippen LogP contribution >= 0.6 is 0 Å². The highest BCUT2D eigenvalue weighted by atomic mass is 16.2. The van der Waals surface area contributed by atoms with Crippen LogP contribution in [-0.4, -0.2) is 63.3 Å². The molecule has 138 valence electrons. The summed E-state index contributed by atoms with van der Waals surface area (Å²) in [5.41, 5.74) is 5.44. The van der Waals surface area contributed by atoms with Crippen LogP contribution in [0.25, 0.3) is 0 Å². The van der Waals surface area contributed by atoms with Crippen LogP contribution in [0.4, 0.5) is 0 Å². The summed E-state index contributed by atoms with van der Waals surface area (Å²) in [6.07, 6.45) is 1.69. The van der Waals surface area contributed by atoms with E-state index in [4.69, 9.17) is 5.73 Å². The Balaban J connectivity index is 2.30. The topological polar surface area (TPSA) is 112 Å². The van der Waals surface area contributed by atoms with Gasteiger partial charge >= 0.3 is 0 Å². The number of carbonyl (C=O) groups excluding carboxylic acids is 2. The highest BCUT2D eigenvalue weighted by Gasteiger charge is 2.40. The van der Waals surface area contributed by atoms with E-state index >= 15 is 0 Å². The van der Waals surface area contributed by atoms with E-state index in [2.05, 4.69) is 9.97 Å². The summed E-state index contributed by atoms with van der Waals surface area (Å²) in [4.78, 5) is 47.7. The molecule has 0 radical (unpaired) electrons. The number of likely N-dealkylation sites (tertiary alicyclic amines) is 1. The molecule has 1 aromatic rings. The maximum atomic E-state index is 12.8. The molecule has 0 saturated carbocycles. The number of hydrogen-bond donors (Lipinski definition) is 2. The molecule has 1 aliphatic heterocycles. The van der Waals surface area contributed by atoms with Gasteiger partial charge in [-0.25, -0.2) is 4.98 Å². The van der Waals surface area contributed by atoms with Gasteiger partial charge in [-0.3, -0.25) is 14.4 Å². The molecule has 1 saturated heterocycles. The number of nitrogens with zero attached hydrogens (tertiary/aromatic N) is 3. The van der Waals surface area contributed by atoms with E-state index in [0.29, 0.717) is 25.3 Å². The van der Waals surface area contributed by atoms with Crippen LogP contribution in [0, 0.1) is 0 Å². The lowest BCUT2D eigenvalue weighted by molar-refractivity contribution is -0.134. The number of rotatable bonds is 5. The van der Waals surface area contributed by atoms with Crippen molar-refractivity contribution in [3.63, 3.8) is 0 Å². The number of amides is 2. The molecule has 3 N–H and O–H groups in total. The predicted octanol–water partition coefficient (Wildman–Crippen LogP) is 0.304. The highest BCUT2D eigenvalue weighted by Crippen LogP contribution is 2.21. The van der Waals surface area contributed by atoms with E-state index in [9.17, 15) is 14.4 Å². The summed E-state index contributed by atoms with van der Waals surface area (Å²) in [5, 5.41) is 0. The molecular formula is C17H27N5O3. The van der Waals surface area contributed by atoms with Crippen molar-refractivity contribution in [1.82, 2.24) is 19.8 Å². The normalized spacial score (nSPS) is 20.2. The Labute approximate surface area is 147 Å². The Kier molecular flexibility index (Phi) is 5.94. The van der Waals surface area contributed by atoms with Crippen molar-refractivity contribution in [2.24, 2.45) is 5.73 Å². The van der Waals surface area contributed by atoms with E-state index in [1.165, 1.54) is 11.1 Å². The molecule has 2 amide bonds. The molecule has 8 nitrogen and oxygen atoms in total. The lowest BCUT2D eigenvalue weighted by atomic mass is 10.1. The summed E-state index contributed by atoms with van der Waals surface area (Å²) >= 11 is 0. The van der Waals surface area contributed by atoms with Crippen LogP contribution in [0.3, 0.4) is 0 Å². The van der Waals surface area contributed by atoms with E-state index < -0.39 is 17.5 Å². The first-order valence-electron chi connectivity index (χ1n) is 8.74. The van der Waals surface area contributed by atoms with Gasteiger partial charge in [0.2, 0.25) is 5.91 Å². The molecule has 0 spiro atoms. The third-order valence-electron chi connectivity index (χ3n) is 4.55. The number of H-pyrrole nitrogens is 1. The second kappa shape index (κ2) is 7.77. The maximum absolute atomic E-state index is 12.8. The number of aromatic nitrogens is 2. The van der Waals surface area contributed by atoms with E-state index in [0.717, 1.165) is 0 Å². The van der Waals surface area contributed by atoms with Crippen LogP contribution in [0.5, 0.6) is 0 Å². The van der Waals surface area contributed by atoms with E-state index in [1.54, 1.807) is 4.90 Å². The van der Waals surface area contributed by atoms with Crippen molar-refractivity contribution in [3.05, 3.63) is 27.9 Å². The zero-order chi connectivity index (χ0) is 18.7. The van der Waals surface area contributed by atoms with Gasteiger partial charge in [0, 0.05) is 37.8 Å². The van der Waals surface area contributed by atoms with Gasteiger partial charge in [0.25, 0.3) is 11.5 Å². The second-order valence-electron chi connectivity index (χ2n) is 6.65. The minimum atomic E-state index is -0.633. The predicted molar refractivity (Wildman–Crippen MR) is 94.3 cm³/mol. The SMILES string of the molecule is CCN(CC)C(=O)[C@@H]1C[C@@H](N)CN1C(=O)c1cnc(C(C)C)[nH]c1=O. The van der Waals surface area contributed by atoms with Crippen LogP contribution in [0.15, 0.2) is 11.0 Å². The van der Waals surface area contributed by atoms with Crippen LogP contribution in [0.1, 0.15) is 56.2 Å². The number of carbonyl (C=O) groups is 2. The molecule has 25 heavy (non-hydrogen) atoms. The molecule has 8 heteroatoms. The summed E-state index contributed by atoms with van der Waals surface area (Å²) in [6.45, 7) is 8.96. The summed E-state index contributed by atoms with van der Waals surface area (Å²) in [6, 6.07) is -0.915. The monoisotopic (exact) mass is 349 g/mol. The minimum Gasteiger partial charge on any atom is -0.341 e. The van der Waals surface area contributed by atoms with E-state index in [-0.39, 0.29) is 30.0 Å². The largest absolute Gasteiger partial charge is 0.341 e. The van der Waals surface area contributed by atoms with Crippen molar-refractivity contribution in [3.8, 4) is 0 Å². The fourth-order valence-electron chi connectivity index (χ4n) is 3.08. The van der Waals surface area contributed by atoms with Gasteiger partial charge in [-0.05, 0) is 20.3 Å². The fraction of sp³-hybridized carbons (Fsp3) is 0.647. The standard InChI is InChI=1S/C17H27N5O3/c1-5-21(6-2)17(25)13-7-11(18)9-22(13)16(24)12-8-19-14(10(3)4)20-15(12)23/h8,10-11,13H,5-7,9,18H2,1-4H3,(H,19,20,23)/t11-,13+/m1/s1. The van der Waals surface area contributed by atoms with Crippen molar-refractivity contribution >= 4 is 11.8 Å². The van der Waals surface area contributed by atoms with Gasteiger partial charge in [-0.1, -0.05) is 13.8 Å². The highest BCUT2D eigenvalue weighted by molar-refractivity contribution is 5.97. The number of nitrogens with one attached hydrogen (secondary N) is 1. The molecule has 2 rings (SSSR count). The molecule has 0 unspecified atom stereocenters. The van der Waals surface area contributed by atoms with Crippen LogP contribution in [-0.2, 0) is 4.79 Å². The number of hydrogen-bond acceptors (Lipinski definition) is 5. The van der Waals surface area contributed by atoms with Gasteiger partial charge in [-0.2, -0.15) is 0 Å². The third-order valence-corrected chi connectivity index (χ3v) is 4.55. The van der Waals surface area contributed by atoms with Crippen molar-refractivity contribution in [2.75, 3.05) is 19.6 Å². The third kappa shape index (κ3) is 3.89. The van der Waals surface area contributed by atoms with Gasteiger partial charge < -0.3 is 20.5 Å². The average Bonchev–Trinajstić information content (AvgIpc) is 2.97. The maximum Gasteiger partial charge on any atom is 0.263 e. The van der Waals surface area contributed by atoms with Crippen LogP contribution < -0.4 is 11.3 Å². The van der Waals surface area contributed by atoms with Gasteiger partial charge in [-0.15, -0.1) is 0 Å². The van der Waals surface area contributed by atoms with Crippen molar-refractivity contribution in [1.29, 1.82) is 0 Å². The van der Waals surface area contributed by atoms with E-state index in [1.807, 2.05) is 27.7 Å². The smallest absolute Gasteiger partial charge is 0.263 e. The molecule has 0 aromatic carbocycles. The zero-order valence-electron chi connectivity index (χ0n) is 15.3. The Morgan fingerprint density at radius 2 is 2.04 bits per heavy atom. The Hall–Kier alpha value is -2.22. The lowest BCUT2D eigenvalue weighted by Gasteiger charge is -2.28. The van der Waals surface area contributed by atoms with Gasteiger partial charge in [0.1, 0.15) is 17.4 Å². The average molecular weight is 349 g/mol. The molecule has 0 aliphatic carbocycles. The number of nitrogens with two attached hydrogens (primary N) is 1. The van der Waals surface area contributed by atoms with Crippen molar-refractivity contribution in [2.45, 2.75) is 52.1 Å². The molecule has 1 fully saturated rings. The van der Waals surface area contributed by atoms with Gasteiger partial charge in [0.15, 0.2) is 0 Å². The first kappa shape index (κ1) is 19.1. The molecule has 1 aliphatic rings. The molecule has 0 bridgehead atoms. The quantitative estimate of drug-likeness (QED) is 0.794. The van der Waals surface area contributed by atoms with Crippen molar-refractivity contribution < 1.29 is 9.59 Å². The Bertz CT molecular complexity index is 696. The lowest BCUT2D eigenvalue weighted by Crippen LogP contribution is -2.48. The second-order valence-corrected chi connectivity index (χ2v) is 6.65. The molecule has 1 aromatic heterocycles. The summed E-state index contributed by atoms with van der Waals surface area (Å²) < 4.78 is 0. The molecule has 2 atom stereocenters. The molecular weight excluding hydrogens is 322 g/mol. The van der Waals surface area contributed by atoms with Gasteiger partial charge in [0.05, 0.1) is 0 Å². The Morgan fingerprint density at radius 3 is 2.56 bits per heavy atom. The minimum absolute atomic E-state index is 0.0500. The molecule has 2 heterocycles.